The minimum absolute atomic E-state index is 0.00985. The predicted octanol–water partition coefficient (Wildman–Crippen LogP) is 7.08. The molecule has 156 valence electrons. The summed E-state index contributed by atoms with van der Waals surface area (Å²) in [5.41, 5.74) is 1.06. The Balaban J connectivity index is 1.47. The van der Waals surface area contributed by atoms with Crippen LogP contribution in [0.5, 0.6) is 0 Å². The molecule has 9 atom stereocenters. The Morgan fingerprint density at radius 2 is 1.63 bits per heavy atom. The first-order valence-electron chi connectivity index (χ1n) is 12.4. The topological polar surface area (TPSA) is 20.2 Å². The Labute approximate surface area is 169 Å². The minimum Gasteiger partial charge on any atom is -0.393 e. The number of aliphatic hydroxyl groups excluding tert-OH is 1. The number of hydrogen-bond donors (Lipinski definition) is 1. The third-order valence-corrected chi connectivity index (χ3v) is 10.5. The summed E-state index contributed by atoms with van der Waals surface area (Å²) >= 11 is 0. The molecule has 27 heavy (non-hydrogen) atoms. The monoisotopic (exact) mass is 374 g/mol. The standard InChI is InChI=1S/C26H46O/c1-17(2)7-6-8-18(3)22-11-12-23-21-10-9-19-15-20(27)16-26(19,5)24(21)13-14-25(22,23)4/h17-24,27H,6-16H2,1-5H3. The molecule has 0 aromatic rings. The highest BCUT2D eigenvalue weighted by atomic mass is 16.3. The zero-order chi connectivity index (χ0) is 19.4. The highest BCUT2D eigenvalue weighted by Crippen LogP contribution is 2.68. The SMILES string of the molecule is CC(C)CCCC(C)C1CCC2C3CCC4CC(O)CC4(C)C3CCC12C. The molecule has 0 heterocycles. The van der Waals surface area contributed by atoms with E-state index in [4.69, 9.17) is 0 Å². The molecule has 0 aromatic carbocycles. The molecule has 0 saturated heterocycles. The van der Waals surface area contributed by atoms with Crippen LogP contribution >= 0.6 is 0 Å². The molecule has 1 N–H and O–H groups in total. The Morgan fingerprint density at radius 1 is 0.889 bits per heavy atom. The van der Waals surface area contributed by atoms with E-state index in [0.29, 0.717) is 10.8 Å². The summed E-state index contributed by atoms with van der Waals surface area (Å²) < 4.78 is 0. The van der Waals surface area contributed by atoms with Crippen molar-refractivity contribution in [2.45, 2.75) is 111 Å². The summed E-state index contributed by atoms with van der Waals surface area (Å²) in [7, 11) is 0. The quantitative estimate of drug-likeness (QED) is 0.545. The van der Waals surface area contributed by atoms with Crippen LogP contribution in [-0.2, 0) is 0 Å². The summed E-state index contributed by atoms with van der Waals surface area (Å²) in [5, 5.41) is 10.4. The molecule has 0 aliphatic heterocycles. The van der Waals surface area contributed by atoms with Gasteiger partial charge in [-0.2, -0.15) is 0 Å². The van der Waals surface area contributed by atoms with Crippen molar-refractivity contribution in [2.75, 3.05) is 0 Å². The molecule has 0 bridgehead atoms. The van der Waals surface area contributed by atoms with E-state index in [1.165, 1.54) is 57.8 Å². The van der Waals surface area contributed by atoms with Crippen molar-refractivity contribution in [1.82, 2.24) is 0 Å². The Bertz CT molecular complexity index is 526. The van der Waals surface area contributed by atoms with E-state index in [9.17, 15) is 5.11 Å². The van der Waals surface area contributed by atoms with Crippen LogP contribution in [0.25, 0.3) is 0 Å². The average molecular weight is 375 g/mol. The van der Waals surface area contributed by atoms with Crippen LogP contribution in [-0.4, -0.2) is 11.2 Å². The molecule has 4 fully saturated rings. The Kier molecular flexibility index (Phi) is 5.50. The fraction of sp³-hybridized carbons (Fsp3) is 1.00. The Hall–Kier alpha value is -0.0400. The van der Waals surface area contributed by atoms with Crippen LogP contribution in [0.1, 0.15) is 105 Å². The lowest BCUT2D eigenvalue weighted by Gasteiger charge is -2.58. The fourth-order valence-corrected chi connectivity index (χ4v) is 9.18. The van der Waals surface area contributed by atoms with E-state index < -0.39 is 0 Å². The van der Waals surface area contributed by atoms with Crippen molar-refractivity contribution in [3.8, 4) is 0 Å². The van der Waals surface area contributed by atoms with Crippen molar-refractivity contribution in [1.29, 1.82) is 0 Å². The van der Waals surface area contributed by atoms with E-state index in [0.717, 1.165) is 54.3 Å². The van der Waals surface area contributed by atoms with Crippen LogP contribution in [0.15, 0.2) is 0 Å². The van der Waals surface area contributed by atoms with Gasteiger partial charge in [0.05, 0.1) is 6.10 Å². The van der Waals surface area contributed by atoms with Gasteiger partial charge in [-0.05, 0) is 104 Å². The van der Waals surface area contributed by atoms with Crippen molar-refractivity contribution in [3.05, 3.63) is 0 Å². The molecule has 0 amide bonds. The maximum atomic E-state index is 10.4. The van der Waals surface area contributed by atoms with Crippen molar-refractivity contribution >= 4 is 0 Å². The number of aliphatic hydroxyl groups is 1. The molecule has 1 heteroatoms. The lowest BCUT2D eigenvalue weighted by molar-refractivity contribution is -0.0911. The van der Waals surface area contributed by atoms with Crippen molar-refractivity contribution < 1.29 is 5.11 Å². The third-order valence-electron chi connectivity index (χ3n) is 10.5. The summed E-state index contributed by atoms with van der Waals surface area (Å²) in [6.45, 7) is 12.6. The molecule has 0 aromatic heterocycles. The minimum atomic E-state index is -0.00985. The van der Waals surface area contributed by atoms with Crippen LogP contribution < -0.4 is 0 Å². The summed E-state index contributed by atoms with van der Waals surface area (Å²) in [4.78, 5) is 0. The van der Waals surface area contributed by atoms with Gasteiger partial charge in [0, 0.05) is 0 Å². The van der Waals surface area contributed by atoms with Gasteiger partial charge in [0.1, 0.15) is 0 Å². The molecule has 4 aliphatic rings. The van der Waals surface area contributed by atoms with Gasteiger partial charge in [-0.25, -0.2) is 0 Å². The van der Waals surface area contributed by atoms with Crippen LogP contribution in [0.4, 0.5) is 0 Å². The molecular formula is C26H46O. The van der Waals surface area contributed by atoms with E-state index in [1.807, 2.05) is 0 Å². The van der Waals surface area contributed by atoms with Gasteiger partial charge >= 0.3 is 0 Å². The van der Waals surface area contributed by atoms with Gasteiger partial charge < -0.3 is 5.11 Å². The normalized spacial score (nSPS) is 50.3. The summed E-state index contributed by atoms with van der Waals surface area (Å²) in [6.07, 6.45) is 15.2. The summed E-state index contributed by atoms with van der Waals surface area (Å²) in [6, 6.07) is 0. The second-order valence-corrected chi connectivity index (χ2v) is 12.3. The predicted molar refractivity (Wildman–Crippen MR) is 114 cm³/mol. The highest BCUT2D eigenvalue weighted by molar-refractivity contribution is 5.10. The lowest BCUT2D eigenvalue weighted by Crippen LogP contribution is -2.50. The molecule has 1 nitrogen and oxygen atoms in total. The van der Waals surface area contributed by atoms with E-state index >= 15 is 0 Å². The zero-order valence-electron chi connectivity index (χ0n) is 18.8. The smallest absolute Gasteiger partial charge is 0.0548 e. The van der Waals surface area contributed by atoms with Gasteiger partial charge in [0.2, 0.25) is 0 Å². The first-order valence-corrected chi connectivity index (χ1v) is 12.4. The molecule has 0 spiro atoms. The third kappa shape index (κ3) is 3.32. The zero-order valence-corrected chi connectivity index (χ0v) is 18.8. The maximum absolute atomic E-state index is 10.4. The highest BCUT2D eigenvalue weighted by Gasteiger charge is 2.61. The van der Waals surface area contributed by atoms with Crippen LogP contribution in [0, 0.1) is 52.3 Å². The second kappa shape index (κ2) is 7.33. The molecule has 4 saturated carbocycles. The second-order valence-electron chi connectivity index (χ2n) is 12.3. The first kappa shape index (κ1) is 20.2. The van der Waals surface area contributed by atoms with Crippen molar-refractivity contribution in [3.63, 3.8) is 0 Å². The van der Waals surface area contributed by atoms with Gasteiger partial charge in [-0.3, -0.25) is 0 Å². The van der Waals surface area contributed by atoms with Gasteiger partial charge in [0.25, 0.3) is 0 Å². The first-order chi connectivity index (χ1) is 12.8. The molecule has 0 radical (unpaired) electrons. The van der Waals surface area contributed by atoms with Gasteiger partial charge in [0.15, 0.2) is 0 Å². The van der Waals surface area contributed by atoms with Gasteiger partial charge in [-0.1, -0.05) is 53.9 Å². The molecule has 4 aliphatic carbocycles. The molecule has 9 unspecified atom stereocenters. The number of fused-ring (bicyclic) bond motifs is 5. The number of rotatable bonds is 5. The van der Waals surface area contributed by atoms with Crippen molar-refractivity contribution in [2.24, 2.45) is 52.3 Å². The van der Waals surface area contributed by atoms with E-state index in [-0.39, 0.29) is 6.10 Å². The molecule has 4 rings (SSSR count). The summed E-state index contributed by atoms with van der Waals surface area (Å²) in [5.74, 6) is 6.39. The van der Waals surface area contributed by atoms with E-state index in [2.05, 4.69) is 34.6 Å². The fourth-order valence-electron chi connectivity index (χ4n) is 9.18. The largest absolute Gasteiger partial charge is 0.393 e. The van der Waals surface area contributed by atoms with E-state index in [1.54, 1.807) is 0 Å². The van der Waals surface area contributed by atoms with Crippen LogP contribution in [0.2, 0.25) is 0 Å². The molecular weight excluding hydrogens is 328 g/mol. The van der Waals surface area contributed by atoms with Gasteiger partial charge in [-0.15, -0.1) is 0 Å². The van der Waals surface area contributed by atoms with Crippen LogP contribution in [0.3, 0.4) is 0 Å². The Morgan fingerprint density at radius 3 is 2.37 bits per heavy atom. The average Bonchev–Trinajstić information content (AvgIpc) is 3.09. The lowest BCUT2D eigenvalue weighted by atomic mass is 9.47. The number of hydrogen-bond acceptors (Lipinski definition) is 1. The maximum Gasteiger partial charge on any atom is 0.0548 e.